The molecule has 0 amide bonds. The molecule has 0 aliphatic heterocycles. The van der Waals surface area contributed by atoms with Gasteiger partial charge in [0.1, 0.15) is 0 Å². The molecule has 0 spiro atoms. The van der Waals surface area contributed by atoms with E-state index in [1.807, 2.05) is 20.8 Å². The Morgan fingerprint density at radius 2 is 1.54 bits per heavy atom. The van der Waals surface area contributed by atoms with Gasteiger partial charge in [-0.05, 0) is 36.5 Å². The molecular weight excluding hydrogens is 304 g/mol. The maximum atomic E-state index is 13.3. The minimum absolute atomic E-state index is 0.0419. The molecule has 1 saturated carbocycles. The molecule has 0 aromatic carbocycles. The predicted octanol–water partition coefficient (Wildman–Crippen LogP) is 3.63. The number of esters is 1. The van der Waals surface area contributed by atoms with Crippen LogP contribution in [0.1, 0.15) is 66.7 Å². The zero-order valence-electron chi connectivity index (χ0n) is 15.7. The first-order valence-corrected chi connectivity index (χ1v) is 8.76. The first-order valence-electron chi connectivity index (χ1n) is 8.76. The summed E-state index contributed by atoms with van der Waals surface area (Å²) in [5.41, 5.74) is -0.900. The molecule has 4 heteroatoms. The highest BCUT2D eigenvalue weighted by Crippen LogP contribution is 2.64. The molecule has 2 atom stereocenters. The molecule has 3 aliphatic rings. The van der Waals surface area contributed by atoms with Gasteiger partial charge >= 0.3 is 5.97 Å². The van der Waals surface area contributed by atoms with E-state index in [-0.39, 0.29) is 28.4 Å². The highest BCUT2D eigenvalue weighted by molar-refractivity contribution is 6.15. The number of carbonyl (C=O) groups is 3. The first-order chi connectivity index (χ1) is 10.9. The Morgan fingerprint density at radius 3 is 2.12 bits per heavy atom. The van der Waals surface area contributed by atoms with E-state index in [4.69, 9.17) is 4.74 Å². The Labute approximate surface area is 144 Å². The van der Waals surface area contributed by atoms with Gasteiger partial charge in [-0.25, -0.2) is 0 Å². The van der Waals surface area contributed by atoms with Gasteiger partial charge in [0.2, 0.25) is 0 Å². The van der Waals surface area contributed by atoms with Gasteiger partial charge in [0.25, 0.3) is 0 Å². The molecule has 0 radical (unpaired) electrons. The largest absolute Gasteiger partial charge is 0.468 e. The number of allylic oxidation sites excluding steroid dienone is 1. The van der Waals surface area contributed by atoms with Crippen LogP contribution in [0.5, 0.6) is 0 Å². The lowest BCUT2D eigenvalue weighted by molar-refractivity contribution is -0.164. The molecule has 0 aromatic rings. The van der Waals surface area contributed by atoms with Crippen molar-refractivity contribution < 1.29 is 19.1 Å². The molecule has 3 rings (SSSR count). The fraction of sp³-hybridized carbons (Fsp3) is 0.750. The van der Waals surface area contributed by atoms with Crippen molar-refractivity contribution in [2.24, 2.45) is 21.7 Å². The summed E-state index contributed by atoms with van der Waals surface area (Å²) in [6, 6.07) is 0. The third-order valence-electron chi connectivity index (χ3n) is 6.09. The summed E-state index contributed by atoms with van der Waals surface area (Å²) >= 11 is 0. The van der Waals surface area contributed by atoms with Gasteiger partial charge < -0.3 is 4.74 Å². The van der Waals surface area contributed by atoms with Crippen LogP contribution in [-0.2, 0) is 19.1 Å². The lowest BCUT2D eigenvalue weighted by Crippen LogP contribution is -2.57. The number of fused-ring (bicyclic) bond motifs is 3. The second kappa shape index (κ2) is 4.80. The number of rotatable bonds is 1. The van der Waals surface area contributed by atoms with E-state index < -0.39 is 10.8 Å². The lowest BCUT2D eigenvalue weighted by atomic mass is 9.45. The number of Topliss-reactive ketones (excluding diaryl/α,β-unsaturated/α-hetero) is 2. The van der Waals surface area contributed by atoms with Crippen molar-refractivity contribution in [1.82, 2.24) is 0 Å². The maximum absolute atomic E-state index is 13.3. The summed E-state index contributed by atoms with van der Waals surface area (Å²) < 4.78 is 5.15. The Kier molecular flexibility index (Phi) is 3.47. The molecule has 4 nitrogen and oxygen atoms in total. The molecule has 0 N–H and O–H groups in total. The van der Waals surface area contributed by atoms with Crippen molar-refractivity contribution in [2.75, 3.05) is 7.11 Å². The van der Waals surface area contributed by atoms with Crippen LogP contribution in [0, 0.1) is 21.7 Å². The lowest BCUT2D eigenvalue weighted by Gasteiger charge is -2.56. The van der Waals surface area contributed by atoms with Crippen LogP contribution in [0.25, 0.3) is 0 Å². The minimum Gasteiger partial charge on any atom is -0.468 e. The first kappa shape index (κ1) is 17.4. The van der Waals surface area contributed by atoms with E-state index >= 15 is 0 Å². The summed E-state index contributed by atoms with van der Waals surface area (Å²) in [7, 11) is 1.38. The van der Waals surface area contributed by atoms with E-state index in [0.717, 1.165) is 6.42 Å². The van der Waals surface area contributed by atoms with Gasteiger partial charge in [-0.1, -0.05) is 34.6 Å². The third-order valence-corrected chi connectivity index (χ3v) is 6.09. The fourth-order valence-electron chi connectivity index (χ4n) is 5.94. The van der Waals surface area contributed by atoms with Crippen LogP contribution in [0.2, 0.25) is 0 Å². The number of carbonyl (C=O) groups excluding carboxylic acids is 3. The van der Waals surface area contributed by atoms with Gasteiger partial charge in [0.15, 0.2) is 11.6 Å². The van der Waals surface area contributed by atoms with E-state index in [2.05, 4.69) is 13.8 Å². The predicted molar refractivity (Wildman–Crippen MR) is 90.2 cm³/mol. The molecule has 24 heavy (non-hydrogen) atoms. The number of ether oxygens (including phenoxy) is 1. The molecule has 0 saturated heterocycles. The van der Waals surface area contributed by atoms with Crippen LogP contribution in [0.3, 0.4) is 0 Å². The van der Waals surface area contributed by atoms with Gasteiger partial charge in [0.05, 0.1) is 12.5 Å². The van der Waals surface area contributed by atoms with Gasteiger partial charge in [-0.2, -0.15) is 0 Å². The number of ketones is 2. The SMILES string of the molecule is COC(=O)C12CC(C)(C)CC(C)(C1)C(=O)C1=C2C(=O)CC(C)(C)C1. The second-order valence-corrected chi connectivity index (χ2v) is 9.95. The van der Waals surface area contributed by atoms with Gasteiger partial charge in [0, 0.05) is 23.0 Å². The van der Waals surface area contributed by atoms with Crippen molar-refractivity contribution in [3.8, 4) is 0 Å². The average Bonchev–Trinajstić information content (AvgIpc) is 2.40. The zero-order chi connectivity index (χ0) is 18.1. The molecule has 2 bridgehead atoms. The average molecular weight is 332 g/mol. The standard InChI is InChI=1S/C20H28O4/c1-17(2)7-12-14(13(21)8-17)20(16(23)24-6)10-18(3,4)9-19(5,11-20)15(12)22/h7-11H2,1-6H3. The van der Waals surface area contributed by atoms with Crippen LogP contribution in [0.15, 0.2) is 11.1 Å². The summed E-state index contributed by atoms with van der Waals surface area (Å²) in [4.78, 5) is 39.2. The molecule has 0 aromatic heterocycles. The summed E-state index contributed by atoms with van der Waals surface area (Å²) in [6.07, 6.45) is 2.67. The van der Waals surface area contributed by atoms with Gasteiger partial charge in [-0.15, -0.1) is 0 Å². The molecule has 0 heterocycles. The molecule has 1 fully saturated rings. The van der Waals surface area contributed by atoms with Crippen molar-refractivity contribution in [3.63, 3.8) is 0 Å². The van der Waals surface area contributed by atoms with E-state index in [1.165, 1.54) is 7.11 Å². The van der Waals surface area contributed by atoms with Crippen molar-refractivity contribution in [3.05, 3.63) is 11.1 Å². The van der Waals surface area contributed by atoms with Crippen molar-refractivity contribution in [2.45, 2.75) is 66.7 Å². The number of hydrogen-bond acceptors (Lipinski definition) is 4. The molecule has 3 aliphatic carbocycles. The zero-order valence-corrected chi connectivity index (χ0v) is 15.7. The highest BCUT2D eigenvalue weighted by Gasteiger charge is 2.64. The van der Waals surface area contributed by atoms with Crippen LogP contribution >= 0.6 is 0 Å². The normalized spacial score (nSPS) is 37.1. The third kappa shape index (κ3) is 2.29. The smallest absolute Gasteiger partial charge is 0.316 e. The van der Waals surface area contributed by atoms with Gasteiger partial charge in [-0.3, -0.25) is 14.4 Å². The molecule has 132 valence electrons. The number of methoxy groups -OCH3 is 1. The van der Waals surface area contributed by atoms with Crippen LogP contribution in [-0.4, -0.2) is 24.6 Å². The molecular formula is C20H28O4. The summed E-state index contributed by atoms with van der Waals surface area (Å²) in [5.74, 6) is -0.319. The maximum Gasteiger partial charge on any atom is 0.316 e. The highest BCUT2D eigenvalue weighted by atomic mass is 16.5. The van der Waals surface area contributed by atoms with E-state index in [1.54, 1.807) is 0 Å². The minimum atomic E-state index is -0.956. The Hall–Kier alpha value is -1.45. The summed E-state index contributed by atoms with van der Waals surface area (Å²) in [6.45, 7) is 10.2. The number of hydrogen-bond donors (Lipinski definition) is 0. The Morgan fingerprint density at radius 1 is 0.917 bits per heavy atom. The topological polar surface area (TPSA) is 60.4 Å². The van der Waals surface area contributed by atoms with Crippen LogP contribution < -0.4 is 0 Å². The fourth-order valence-corrected chi connectivity index (χ4v) is 5.94. The monoisotopic (exact) mass is 332 g/mol. The Bertz CT molecular complexity index is 682. The van der Waals surface area contributed by atoms with Crippen molar-refractivity contribution >= 4 is 17.5 Å². The van der Waals surface area contributed by atoms with E-state index in [0.29, 0.717) is 36.8 Å². The second-order valence-electron chi connectivity index (χ2n) is 9.95. The molecule has 2 unspecified atom stereocenters. The van der Waals surface area contributed by atoms with Crippen molar-refractivity contribution in [1.29, 1.82) is 0 Å². The summed E-state index contributed by atoms with van der Waals surface area (Å²) in [5, 5.41) is 0. The van der Waals surface area contributed by atoms with E-state index in [9.17, 15) is 14.4 Å². The Balaban J connectivity index is 2.31. The quantitative estimate of drug-likeness (QED) is 0.688. The van der Waals surface area contributed by atoms with Crippen LogP contribution in [0.4, 0.5) is 0 Å².